The van der Waals surface area contributed by atoms with Crippen LogP contribution in [-0.2, 0) is 9.53 Å². The van der Waals surface area contributed by atoms with Crippen molar-refractivity contribution in [3.8, 4) is 40.1 Å². The number of fused-ring (bicyclic) bond motifs is 1. The smallest absolute Gasteiger partial charge is 0.333 e. The van der Waals surface area contributed by atoms with Gasteiger partial charge in [-0.05, 0) is 18.2 Å². The molecule has 0 saturated carbocycles. The average molecular weight is 446 g/mol. The Morgan fingerprint density at radius 1 is 1.00 bits per heavy atom. The lowest BCUT2D eigenvalue weighted by Crippen LogP contribution is -2.43. The number of carbonyl (C=O) groups is 1. The molecule has 0 aliphatic carbocycles. The van der Waals surface area contributed by atoms with E-state index in [4.69, 9.17) is 13.9 Å². The van der Waals surface area contributed by atoms with Gasteiger partial charge in [-0.25, -0.2) is 4.79 Å². The number of ether oxygens (including phenoxy) is 2. The number of carboxylic acids is 1. The lowest BCUT2D eigenvalue weighted by atomic mass is 10.0. The molecule has 3 atom stereocenters. The summed E-state index contributed by atoms with van der Waals surface area (Å²) in [6.45, 7) is 0. The summed E-state index contributed by atoms with van der Waals surface area (Å²) in [5.74, 6) is -3.99. The van der Waals surface area contributed by atoms with E-state index in [2.05, 4.69) is 0 Å². The average Bonchev–Trinajstić information content (AvgIpc) is 2.71. The first-order valence-corrected chi connectivity index (χ1v) is 9.42. The molecule has 11 nitrogen and oxygen atoms in total. The van der Waals surface area contributed by atoms with Crippen LogP contribution < -0.4 is 10.2 Å². The molecule has 2 heterocycles. The SMILES string of the molecule is O=C(O)C1CC(O)CC(Oc2c(-c3ccc(O)c(O)c3)oc3cc(O)cc(O)c3c2=O)O1. The summed E-state index contributed by atoms with van der Waals surface area (Å²) >= 11 is 0. The van der Waals surface area contributed by atoms with Crippen molar-refractivity contribution in [2.24, 2.45) is 0 Å². The quantitative estimate of drug-likeness (QED) is 0.320. The number of carboxylic acid groups (broad SMARTS) is 1. The fourth-order valence-corrected chi connectivity index (χ4v) is 3.46. The molecule has 1 fully saturated rings. The van der Waals surface area contributed by atoms with Crippen LogP contribution in [0.15, 0.2) is 39.5 Å². The van der Waals surface area contributed by atoms with Crippen molar-refractivity contribution >= 4 is 16.9 Å². The van der Waals surface area contributed by atoms with E-state index in [1.54, 1.807) is 0 Å². The zero-order valence-electron chi connectivity index (χ0n) is 16.3. The Morgan fingerprint density at radius 3 is 2.44 bits per heavy atom. The topological polar surface area (TPSA) is 187 Å². The van der Waals surface area contributed by atoms with Crippen LogP contribution >= 0.6 is 0 Å². The van der Waals surface area contributed by atoms with Crippen LogP contribution in [0.3, 0.4) is 0 Å². The Hall–Kier alpha value is -3.96. The molecule has 2 aromatic carbocycles. The van der Waals surface area contributed by atoms with Gasteiger partial charge in [-0.2, -0.15) is 0 Å². The van der Waals surface area contributed by atoms with Crippen molar-refractivity contribution in [1.82, 2.24) is 0 Å². The standard InChI is InChI=1S/C21H18O11/c22-9-4-13(26)17-14(5-9)31-19(8-1-2-11(24)12(25)3-8)20(18(17)27)32-16-7-10(23)6-15(30-16)21(28)29/h1-5,10,15-16,22-26H,6-7H2,(H,28,29). The fraction of sp³-hybridized carbons (Fsp3) is 0.238. The molecule has 1 aromatic heterocycles. The maximum absolute atomic E-state index is 13.2. The highest BCUT2D eigenvalue weighted by molar-refractivity contribution is 5.88. The minimum absolute atomic E-state index is 0.0864. The van der Waals surface area contributed by atoms with Crippen LogP contribution in [0.5, 0.6) is 28.7 Å². The predicted octanol–water partition coefficient (Wildman–Crippen LogP) is 1.61. The minimum atomic E-state index is -1.37. The van der Waals surface area contributed by atoms with Gasteiger partial charge in [0, 0.05) is 30.5 Å². The highest BCUT2D eigenvalue weighted by atomic mass is 16.7. The van der Waals surface area contributed by atoms with Crippen LogP contribution in [0.4, 0.5) is 0 Å². The van der Waals surface area contributed by atoms with E-state index < -0.39 is 52.9 Å². The summed E-state index contributed by atoms with van der Waals surface area (Å²) in [7, 11) is 0. The third-order valence-corrected chi connectivity index (χ3v) is 4.95. The van der Waals surface area contributed by atoms with Gasteiger partial charge < -0.3 is 44.5 Å². The number of phenolic OH excluding ortho intramolecular Hbond substituents is 4. The van der Waals surface area contributed by atoms with Gasteiger partial charge >= 0.3 is 5.97 Å². The number of aliphatic hydroxyl groups excluding tert-OH is 1. The molecule has 0 bridgehead atoms. The zero-order valence-corrected chi connectivity index (χ0v) is 16.3. The van der Waals surface area contributed by atoms with Crippen LogP contribution in [0.2, 0.25) is 0 Å². The van der Waals surface area contributed by atoms with E-state index in [-0.39, 0.29) is 40.9 Å². The Morgan fingerprint density at radius 2 is 1.75 bits per heavy atom. The van der Waals surface area contributed by atoms with Gasteiger partial charge in [0.25, 0.3) is 0 Å². The van der Waals surface area contributed by atoms with Crippen LogP contribution in [0.1, 0.15) is 12.8 Å². The zero-order chi connectivity index (χ0) is 23.2. The van der Waals surface area contributed by atoms with E-state index >= 15 is 0 Å². The summed E-state index contributed by atoms with van der Waals surface area (Å²) in [5.41, 5.74) is -0.986. The van der Waals surface area contributed by atoms with Gasteiger partial charge in [0.15, 0.2) is 23.4 Å². The fourth-order valence-electron chi connectivity index (χ4n) is 3.46. The molecule has 0 amide bonds. The van der Waals surface area contributed by atoms with Gasteiger partial charge in [0.2, 0.25) is 17.5 Å². The molecule has 1 saturated heterocycles. The highest BCUT2D eigenvalue weighted by Gasteiger charge is 2.35. The predicted molar refractivity (Wildman–Crippen MR) is 107 cm³/mol. The van der Waals surface area contributed by atoms with Crippen LogP contribution in [-0.4, -0.2) is 55.1 Å². The summed E-state index contributed by atoms with van der Waals surface area (Å²) in [6, 6.07) is 5.55. The maximum Gasteiger partial charge on any atom is 0.333 e. The molecule has 32 heavy (non-hydrogen) atoms. The van der Waals surface area contributed by atoms with E-state index in [0.717, 1.165) is 24.3 Å². The van der Waals surface area contributed by atoms with Crippen molar-refractivity contribution in [2.45, 2.75) is 31.3 Å². The molecule has 168 valence electrons. The number of rotatable bonds is 4. The first kappa shape index (κ1) is 21.3. The minimum Gasteiger partial charge on any atom is -0.508 e. The molecule has 3 unspecified atom stereocenters. The molecular weight excluding hydrogens is 428 g/mol. The summed E-state index contributed by atoms with van der Waals surface area (Å²) in [5, 5.41) is 58.2. The molecule has 3 aromatic rings. The van der Waals surface area contributed by atoms with Crippen molar-refractivity contribution in [2.75, 3.05) is 0 Å². The van der Waals surface area contributed by atoms with E-state index in [0.29, 0.717) is 0 Å². The molecule has 1 aliphatic heterocycles. The number of aliphatic carboxylic acids is 1. The molecule has 0 radical (unpaired) electrons. The van der Waals surface area contributed by atoms with Gasteiger partial charge in [0.1, 0.15) is 22.5 Å². The second kappa shape index (κ2) is 7.94. The lowest BCUT2D eigenvalue weighted by Gasteiger charge is -2.31. The van der Waals surface area contributed by atoms with E-state index in [9.17, 15) is 40.2 Å². The van der Waals surface area contributed by atoms with Gasteiger partial charge in [-0.1, -0.05) is 0 Å². The molecule has 4 rings (SSSR count). The molecule has 0 spiro atoms. The van der Waals surface area contributed by atoms with Crippen LogP contribution in [0.25, 0.3) is 22.3 Å². The number of hydrogen-bond acceptors (Lipinski definition) is 10. The van der Waals surface area contributed by atoms with Gasteiger partial charge in [-0.3, -0.25) is 4.79 Å². The Bertz CT molecular complexity index is 1260. The van der Waals surface area contributed by atoms with E-state index in [1.807, 2.05) is 0 Å². The molecule has 1 aliphatic rings. The second-order valence-electron chi connectivity index (χ2n) is 7.27. The number of hydrogen-bond donors (Lipinski definition) is 6. The third kappa shape index (κ3) is 3.86. The highest BCUT2D eigenvalue weighted by Crippen LogP contribution is 2.39. The normalized spacial score (nSPS) is 20.8. The Kier molecular flexibility index (Phi) is 5.28. The summed E-state index contributed by atoms with van der Waals surface area (Å²) < 4.78 is 16.6. The van der Waals surface area contributed by atoms with Crippen LogP contribution in [0, 0.1) is 0 Å². The molecule has 11 heteroatoms. The first-order chi connectivity index (χ1) is 15.1. The van der Waals surface area contributed by atoms with Crippen molar-refractivity contribution < 1.29 is 49.3 Å². The number of phenols is 4. The molecule has 6 N–H and O–H groups in total. The maximum atomic E-state index is 13.2. The third-order valence-electron chi connectivity index (χ3n) is 4.95. The van der Waals surface area contributed by atoms with E-state index in [1.165, 1.54) is 6.07 Å². The number of aromatic hydroxyl groups is 4. The Balaban J connectivity index is 1.89. The number of benzene rings is 2. The second-order valence-corrected chi connectivity index (χ2v) is 7.27. The summed E-state index contributed by atoms with van der Waals surface area (Å²) in [6.07, 6.45) is -4.11. The van der Waals surface area contributed by atoms with Crippen molar-refractivity contribution in [1.29, 1.82) is 0 Å². The van der Waals surface area contributed by atoms with Crippen molar-refractivity contribution in [3.05, 3.63) is 40.6 Å². The summed E-state index contributed by atoms with van der Waals surface area (Å²) in [4.78, 5) is 24.5. The van der Waals surface area contributed by atoms with Crippen molar-refractivity contribution in [3.63, 3.8) is 0 Å². The number of aliphatic hydroxyl groups is 1. The van der Waals surface area contributed by atoms with Gasteiger partial charge in [-0.15, -0.1) is 0 Å². The lowest BCUT2D eigenvalue weighted by molar-refractivity contribution is -0.195. The monoisotopic (exact) mass is 446 g/mol. The molecular formula is C21H18O11. The largest absolute Gasteiger partial charge is 0.508 e. The Labute approximate surface area is 178 Å². The van der Waals surface area contributed by atoms with Gasteiger partial charge in [0.05, 0.1) is 6.10 Å². The first-order valence-electron chi connectivity index (χ1n) is 9.42.